The van der Waals surface area contributed by atoms with E-state index in [2.05, 4.69) is 22.9 Å². The molecule has 29 nitrogen and oxygen atoms in total. The first-order chi connectivity index (χ1) is 46.5. The number of likely N-dealkylation sites (tertiary alicyclic amines) is 4. The molecule has 0 aliphatic carbocycles. The van der Waals surface area contributed by atoms with E-state index in [9.17, 15) is 52.8 Å². The van der Waals surface area contributed by atoms with Gasteiger partial charge in [0.15, 0.2) is 0 Å². The number of nitrogens with one attached hydrogen (secondary N) is 1. The van der Waals surface area contributed by atoms with Gasteiger partial charge < -0.3 is 66.8 Å². The molecule has 4 aromatic carbocycles. The molecule has 33 heteroatoms. The van der Waals surface area contributed by atoms with Gasteiger partial charge in [-0.15, -0.1) is 17.6 Å². The van der Waals surface area contributed by atoms with Crippen molar-refractivity contribution < 1.29 is 71.8 Å². The molecular weight excluding hydrogens is 1360 g/mol. The summed E-state index contributed by atoms with van der Waals surface area (Å²) in [6.45, 7) is 11.0. The number of urea groups is 1. The zero-order valence-electron chi connectivity index (χ0n) is 55.5. The summed E-state index contributed by atoms with van der Waals surface area (Å²) < 4.78 is 132. The smallest absolute Gasteiger partial charge is 0.317 e. The second-order valence-electron chi connectivity index (χ2n) is 25.2. The van der Waals surface area contributed by atoms with Gasteiger partial charge in [0.25, 0.3) is 40.1 Å². The van der Waals surface area contributed by atoms with Gasteiger partial charge in [-0.05, 0) is 111 Å². The SMILES string of the molecule is C.CC(=O)N1CCCC(COc2cccc3c2C(N)=NS(=O)(=O)C3)C1.CC(=O)N1CCCCC1COc1cccc2c1C(N)=NS(=O)(=O)C2.CCC(=O)N1CCCC(COc2cccc3c2C(N)=NS(=O)(=O)C3)C1.CNC(=O)N1CCCCC1COc1cccc2c1C(N)=NS(=O)(=O)C2. The second-order valence-corrected chi connectivity index (χ2v) is 31.7. The highest BCUT2D eigenvalue weighted by atomic mass is 32.2. The van der Waals surface area contributed by atoms with E-state index in [0.717, 1.165) is 83.8 Å². The number of piperidine rings is 4. The third-order valence-electron chi connectivity index (χ3n) is 17.9. The van der Waals surface area contributed by atoms with Gasteiger partial charge in [0, 0.05) is 78.4 Å². The van der Waals surface area contributed by atoms with Gasteiger partial charge in [-0.3, -0.25) is 14.4 Å². The number of sulfonamides is 4. The van der Waals surface area contributed by atoms with Gasteiger partial charge in [0.05, 0.1) is 70.6 Å². The van der Waals surface area contributed by atoms with Crippen LogP contribution in [0.3, 0.4) is 0 Å². The molecule has 8 heterocycles. The number of amidine groups is 4. The van der Waals surface area contributed by atoms with E-state index in [1.807, 2.05) is 21.6 Å². The average Bonchev–Trinajstić information content (AvgIpc) is 0.801. The third kappa shape index (κ3) is 19.9. The number of benzene rings is 4. The number of rotatable bonds is 13. The summed E-state index contributed by atoms with van der Waals surface area (Å²) in [6, 6.07) is 20.8. The molecule has 0 radical (unpaired) electrons. The van der Waals surface area contributed by atoms with E-state index in [0.29, 0.717) is 120 Å². The zero-order valence-corrected chi connectivity index (χ0v) is 58.7. The third-order valence-corrected chi connectivity index (χ3v) is 22.5. The second kappa shape index (κ2) is 33.1. The molecule has 12 rings (SSSR count). The van der Waals surface area contributed by atoms with Gasteiger partial charge in [-0.2, -0.15) is 0 Å². The fraction of sp³-hybridized carbons (Fsp3) is 0.515. The molecule has 540 valence electrons. The highest BCUT2D eigenvalue weighted by Gasteiger charge is 2.34. The number of carbonyl (C=O) groups excluding carboxylic acids is 4. The largest absolute Gasteiger partial charge is 0.492 e. The van der Waals surface area contributed by atoms with Crippen molar-refractivity contribution in [2.24, 2.45) is 52.4 Å². The lowest BCUT2D eigenvalue weighted by Gasteiger charge is -2.35. The Hall–Kier alpha value is -8.56. The fourth-order valence-electron chi connectivity index (χ4n) is 13.2. The molecule has 4 fully saturated rings. The van der Waals surface area contributed by atoms with Crippen LogP contribution >= 0.6 is 0 Å². The van der Waals surface area contributed by atoms with Crippen LogP contribution in [-0.4, -0.2) is 185 Å². The minimum atomic E-state index is -3.57. The molecule has 0 aromatic heterocycles. The molecule has 5 amide bonds. The highest BCUT2D eigenvalue weighted by Crippen LogP contribution is 2.34. The van der Waals surface area contributed by atoms with E-state index in [1.54, 1.807) is 98.6 Å². The van der Waals surface area contributed by atoms with Crippen molar-refractivity contribution in [1.29, 1.82) is 0 Å². The van der Waals surface area contributed by atoms with Crippen LogP contribution in [0.25, 0.3) is 0 Å². The molecule has 9 N–H and O–H groups in total. The Morgan fingerprint density at radius 1 is 0.455 bits per heavy atom. The lowest BCUT2D eigenvalue weighted by molar-refractivity contribution is -0.133. The van der Waals surface area contributed by atoms with Crippen LogP contribution in [0.15, 0.2) is 90.4 Å². The quantitative estimate of drug-likeness (QED) is 0.122. The minimum Gasteiger partial charge on any atom is -0.492 e. The topological polar surface area (TPSA) is 420 Å². The Morgan fingerprint density at radius 2 is 0.788 bits per heavy atom. The first-order valence-electron chi connectivity index (χ1n) is 32.6. The highest BCUT2D eigenvalue weighted by molar-refractivity contribution is 7.90. The molecule has 4 saturated heterocycles. The van der Waals surface area contributed by atoms with Gasteiger partial charge >= 0.3 is 6.03 Å². The molecule has 0 bridgehead atoms. The van der Waals surface area contributed by atoms with E-state index in [-0.39, 0.29) is 101 Å². The number of hydrogen-bond donors (Lipinski definition) is 5. The van der Waals surface area contributed by atoms with Crippen LogP contribution in [0.1, 0.15) is 143 Å². The average molecular weight is 1450 g/mol. The lowest BCUT2D eigenvalue weighted by Crippen LogP contribution is -2.50. The molecule has 8 aliphatic rings. The minimum absolute atomic E-state index is 0. The lowest BCUT2D eigenvalue weighted by atomic mass is 9.98. The summed E-state index contributed by atoms with van der Waals surface area (Å²) in [5, 5.41) is 2.65. The Kier molecular flexibility index (Phi) is 25.5. The number of ether oxygens (including phenoxy) is 4. The van der Waals surface area contributed by atoms with Crippen LogP contribution in [0.5, 0.6) is 23.0 Å². The molecule has 0 saturated carbocycles. The van der Waals surface area contributed by atoms with E-state index >= 15 is 0 Å². The fourth-order valence-corrected chi connectivity index (χ4v) is 17.6. The van der Waals surface area contributed by atoms with Gasteiger partial charge in [-0.1, -0.05) is 62.9 Å². The molecule has 4 unspecified atom stereocenters. The summed E-state index contributed by atoms with van der Waals surface area (Å²) in [5.74, 6) is 2.07. The summed E-state index contributed by atoms with van der Waals surface area (Å²) in [7, 11) is -12.6. The van der Waals surface area contributed by atoms with Gasteiger partial charge in [0.2, 0.25) is 17.7 Å². The Labute approximate surface area is 580 Å². The van der Waals surface area contributed by atoms with Crippen molar-refractivity contribution in [2.75, 3.05) is 72.7 Å². The summed E-state index contributed by atoms with van der Waals surface area (Å²) in [5.41, 5.74) is 27.9. The molecule has 8 aliphatic heterocycles. The van der Waals surface area contributed by atoms with Crippen molar-refractivity contribution in [3.63, 3.8) is 0 Å². The predicted octanol–water partition coefficient (Wildman–Crippen LogP) is 4.59. The number of hydrogen-bond acceptors (Lipinski definition) is 20. The van der Waals surface area contributed by atoms with Crippen molar-refractivity contribution in [3.8, 4) is 23.0 Å². The first kappa shape index (κ1) is 76.2. The number of nitrogens with two attached hydrogens (primary N) is 4. The monoisotopic (exact) mass is 1450 g/mol. The standard InChI is InChI=1S/C17H23N3O4S.C16H22N4O4S.2C16H21N3O4S.CH4/c1-2-15(21)20-8-4-5-12(9-20)10-24-14-7-3-6-13-11-25(22,23)19-17(18)16(13)14;1-18-16(21)20-8-3-2-6-12(20)9-24-13-7-4-5-11-10-25(22,23)19-15(17)14(11)13;1-11(20)19-7-3-4-12(8-19)9-23-14-6-2-5-13-10-24(21,22)18-16(17)15(13)14;1-11(20)19-8-3-2-6-13(19)9-23-14-7-4-5-12-10-24(21,22)18-16(17)15(12)14;/h3,6-7,12H,2,4-5,8-11H2,1H3,(H2,18,19);4-5,7,12H,2-3,6,8-10H2,1H3,(H2,17,19)(H,18,21);2,5-6,12H,3-4,7-10H2,1H3,(H2,17,18);4-5,7,13H,2-3,6,8-10H2,1H3,(H2,17,18);1H4. The van der Waals surface area contributed by atoms with Crippen molar-refractivity contribution in [2.45, 2.75) is 134 Å². The van der Waals surface area contributed by atoms with Crippen LogP contribution in [0.4, 0.5) is 4.79 Å². The normalized spacial score (nSPS) is 22.0. The predicted molar refractivity (Wildman–Crippen MR) is 376 cm³/mol. The summed E-state index contributed by atoms with van der Waals surface area (Å²) >= 11 is 0. The molecular formula is C66H91N13O16S4. The van der Waals surface area contributed by atoms with Crippen LogP contribution in [-0.2, 0) is 77.5 Å². The van der Waals surface area contributed by atoms with Crippen molar-refractivity contribution >= 4 is 87.2 Å². The molecule has 4 atom stereocenters. The Balaban J connectivity index is 0.000000168. The first-order valence-corrected chi connectivity index (χ1v) is 39.1. The van der Waals surface area contributed by atoms with E-state index < -0.39 is 40.1 Å². The van der Waals surface area contributed by atoms with Crippen molar-refractivity contribution in [1.82, 2.24) is 24.9 Å². The number of carbonyl (C=O) groups is 4. The summed E-state index contributed by atoms with van der Waals surface area (Å²) in [4.78, 5) is 54.5. The number of fused-ring (bicyclic) bond motifs is 4. The maximum absolute atomic E-state index is 12.0. The van der Waals surface area contributed by atoms with E-state index in [4.69, 9.17) is 41.9 Å². The number of nitrogens with zero attached hydrogens (tertiary/aromatic N) is 8. The maximum atomic E-state index is 12.0. The zero-order chi connectivity index (χ0) is 70.7. The van der Waals surface area contributed by atoms with Crippen LogP contribution < -0.4 is 47.2 Å². The van der Waals surface area contributed by atoms with E-state index in [1.165, 1.54) is 0 Å². The number of amides is 5. The van der Waals surface area contributed by atoms with Crippen molar-refractivity contribution in [3.05, 3.63) is 117 Å². The molecule has 99 heavy (non-hydrogen) atoms. The van der Waals surface area contributed by atoms with Gasteiger partial charge in [-0.25, -0.2) is 38.5 Å². The van der Waals surface area contributed by atoms with Crippen LogP contribution in [0.2, 0.25) is 0 Å². The Bertz CT molecular complexity index is 4260. The van der Waals surface area contributed by atoms with Crippen LogP contribution in [0, 0.1) is 11.8 Å². The molecule has 4 aromatic rings. The maximum Gasteiger partial charge on any atom is 0.317 e. The van der Waals surface area contributed by atoms with Gasteiger partial charge in [0.1, 0.15) is 59.6 Å². The Morgan fingerprint density at radius 3 is 1.13 bits per heavy atom. The summed E-state index contributed by atoms with van der Waals surface area (Å²) in [6.07, 6.45) is 10.3. The molecule has 0 spiro atoms.